The van der Waals surface area contributed by atoms with E-state index in [2.05, 4.69) is 38.2 Å². The lowest BCUT2D eigenvalue weighted by Crippen LogP contribution is -2.51. The first-order chi connectivity index (χ1) is 8.93. The summed E-state index contributed by atoms with van der Waals surface area (Å²) in [5.41, 5.74) is 1.07. The summed E-state index contributed by atoms with van der Waals surface area (Å²) >= 11 is 0. The largest absolute Gasteiger partial charge is 0.329 e. The van der Waals surface area contributed by atoms with Crippen molar-refractivity contribution in [3.63, 3.8) is 0 Å². The first kappa shape index (κ1) is 14.1. The number of nitrogens with zero attached hydrogens (tertiary/aromatic N) is 1. The van der Waals surface area contributed by atoms with Gasteiger partial charge in [-0.05, 0) is 46.2 Å². The molecule has 0 aromatic heterocycles. The molecule has 3 heteroatoms. The molecule has 1 saturated heterocycles. The molecule has 1 aliphatic rings. The van der Waals surface area contributed by atoms with E-state index in [1.54, 1.807) is 0 Å². The van der Waals surface area contributed by atoms with Crippen LogP contribution in [-0.2, 0) is 4.79 Å². The van der Waals surface area contributed by atoms with Crippen LogP contribution < -0.4 is 5.32 Å². The van der Waals surface area contributed by atoms with Crippen molar-refractivity contribution < 1.29 is 4.79 Å². The monoisotopic (exact) mass is 260 g/mol. The van der Waals surface area contributed by atoms with Crippen molar-refractivity contribution in [1.82, 2.24) is 10.2 Å². The highest BCUT2D eigenvalue weighted by Crippen LogP contribution is 2.32. The maximum Gasteiger partial charge on any atom is 0.240 e. The molecule has 1 heterocycles. The van der Waals surface area contributed by atoms with Gasteiger partial charge in [0.2, 0.25) is 5.91 Å². The number of hydrogen-bond acceptors (Lipinski definition) is 2. The molecule has 3 nitrogen and oxygen atoms in total. The van der Waals surface area contributed by atoms with Gasteiger partial charge < -0.3 is 10.2 Å². The Hall–Kier alpha value is -1.35. The van der Waals surface area contributed by atoms with Crippen LogP contribution in [0.2, 0.25) is 0 Å². The van der Waals surface area contributed by atoms with Gasteiger partial charge in [0.05, 0.1) is 12.1 Å². The van der Waals surface area contributed by atoms with E-state index < -0.39 is 0 Å². The lowest BCUT2D eigenvalue weighted by molar-refractivity contribution is -0.140. The maximum absolute atomic E-state index is 12.6. The van der Waals surface area contributed by atoms with Crippen LogP contribution >= 0.6 is 0 Å². The minimum atomic E-state index is -0.121. The second-order valence-corrected chi connectivity index (χ2v) is 6.03. The summed E-state index contributed by atoms with van der Waals surface area (Å²) in [5, 5.41) is 3.29. The van der Waals surface area contributed by atoms with E-state index in [0.717, 1.165) is 13.0 Å². The Morgan fingerprint density at radius 3 is 2.58 bits per heavy atom. The molecule has 0 aliphatic carbocycles. The molecule has 0 spiro atoms. The predicted octanol–water partition coefficient (Wildman–Crippen LogP) is 2.74. The summed E-state index contributed by atoms with van der Waals surface area (Å²) in [5.74, 6) is 0.193. The lowest BCUT2D eigenvalue weighted by Gasteiger charge is -2.42. The zero-order valence-corrected chi connectivity index (χ0v) is 12.3. The predicted molar refractivity (Wildman–Crippen MR) is 77.9 cm³/mol. The van der Waals surface area contributed by atoms with Crippen molar-refractivity contribution >= 4 is 5.91 Å². The van der Waals surface area contributed by atoms with E-state index in [1.165, 1.54) is 5.56 Å². The van der Waals surface area contributed by atoms with E-state index in [9.17, 15) is 4.79 Å². The number of amides is 1. The number of carbonyl (C=O) groups excluding carboxylic acids is 1. The summed E-state index contributed by atoms with van der Waals surface area (Å²) in [7, 11) is 0. The molecule has 104 valence electrons. The Morgan fingerprint density at radius 1 is 1.32 bits per heavy atom. The molecular formula is C16H24N2O. The maximum atomic E-state index is 12.6. The number of carbonyl (C=O) groups is 1. The summed E-state index contributed by atoms with van der Waals surface area (Å²) in [6, 6.07) is 10.3. The quantitative estimate of drug-likeness (QED) is 0.886. The van der Waals surface area contributed by atoms with Crippen LogP contribution in [-0.4, -0.2) is 28.9 Å². The first-order valence-electron chi connectivity index (χ1n) is 7.05. The highest BCUT2D eigenvalue weighted by Gasteiger charge is 2.38. The molecule has 1 aromatic carbocycles. The van der Waals surface area contributed by atoms with E-state index in [1.807, 2.05) is 30.0 Å². The molecule has 0 bridgehead atoms. The van der Waals surface area contributed by atoms with E-state index in [-0.39, 0.29) is 23.5 Å². The summed E-state index contributed by atoms with van der Waals surface area (Å²) < 4.78 is 0. The highest BCUT2D eigenvalue weighted by atomic mass is 16.2. The van der Waals surface area contributed by atoms with Gasteiger partial charge in [0.1, 0.15) is 0 Å². The van der Waals surface area contributed by atoms with Crippen molar-refractivity contribution in [2.75, 3.05) is 6.54 Å². The van der Waals surface area contributed by atoms with Crippen molar-refractivity contribution in [3.8, 4) is 0 Å². The summed E-state index contributed by atoms with van der Waals surface area (Å²) in [4.78, 5) is 14.7. The van der Waals surface area contributed by atoms with Gasteiger partial charge in [0, 0.05) is 5.54 Å². The molecule has 0 radical (unpaired) electrons. The molecule has 19 heavy (non-hydrogen) atoms. The van der Waals surface area contributed by atoms with E-state index in [4.69, 9.17) is 0 Å². The Labute approximate surface area is 116 Å². The molecule has 1 aliphatic heterocycles. The Balaban J connectivity index is 2.35. The van der Waals surface area contributed by atoms with Crippen LogP contribution in [0.15, 0.2) is 30.3 Å². The van der Waals surface area contributed by atoms with Gasteiger partial charge in [0.15, 0.2) is 0 Å². The normalized spacial score (nSPS) is 24.9. The van der Waals surface area contributed by atoms with E-state index >= 15 is 0 Å². The second kappa shape index (κ2) is 5.33. The van der Waals surface area contributed by atoms with Gasteiger partial charge in [-0.2, -0.15) is 0 Å². The third-order valence-corrected chi connectivity index (χ3v) is 4.12. The molecule has 1 fully saturated rings. The van der Waals surface area contributed by atoms with Crippen LogP contribution in [0.5, 0.6) is 0 Å². The standard InChI is InChI=1S/C16H24N2O/c1-12-15(19)18(16(3,4)10-11-17-12)13(2)14-8-6-5-7-9-14/h5-9,12-13,17H,10-11H2,1-4H3. The molecule has 1 N–H and O–H groups in total. The Kier molecular flexibility index (Phi) is 3.95. The minimum Gasteiger partial charge on any atom is -0.329 e. The molecule has 2 atom stereocenters. The Morgan fingerprint density at radius 2 is 1.95 bits per heavy atom. The third kappa shape index (κ3) is 2.81. The number of nitrogens with one attached hydrogen (secondary N) is 1. The van der Waals surface area contributed by atoms with Crippen molar-refractivity contribution in [1.29, 1.82) is 0 Å². The smallest absolute Gasteiger partial charge is 0.240 e. The fourth-order valence-electron chi connectivity index (χ4n) is 2.90. The molecule has 2 unspecified atom stereocenters. The first-order valence-corrected chi connectivity index (χ1v) is 7.05. The van der Waals surface area contributed by atoms with Gasteiger partial charge in [-0.25, -0.2) is 0 Å². The van der Waals surface area contributed by atoms with E-state index in [0.29, 0.717) is 0 Å². The molecule has 1 amide bonds. The van der Waals surface area contributed by atoms with Crippen molar-refractivity contribution in [2.45, 2.75) is 51.7 Å². The van der Waals surface area contributed by atoms with Crippen LogP contribution in [0.25, 0.3) is 0 Å². The van der Waals surface area contributed by atoms with Crippen LogP contribution in [0.3, 0.4) is 0 Å². The topological polar surface area (TPSA) is 32.3 Å². The zero-order chi connectivity index (χ0) is 14.0. The number of rotatable bonds is 2. The highest BCUT2D eigenvalue weighted by molar-refractivity contribution is 5.83. The average molecular weight is 260 g/mol. The van der Waals surface area contributed by atoms with Crippen LogP contribution in [0.4, 0.5) is 0 Å². The lowest BCUT2D eigenvalue weighted by atomic mass is 9.94. The third-order valence-electron chi connectivity index (χ3n) is 4.12. The number of hydrogen-bond donors (Lipinski definition) is 1. The Bertz CT molecular complexity index is 441. The summed E-state index contributed by atoms with van der Waals surface area (Å²) in [6.07, 6.45) is 0.972. The minimum absolute atomic E-state index is 0.103. The SMILES string of the molecule is CC1NCCC(C)(C)N(C(C)c2ccccc2)C1=O. The number of benzene rings is 1. The van der Waals surface area contributed by atoms with Crippen molar-refractivity contribution in [3.05, 3.63) is 35.9 Å². The second-order valence-electron chi connectivity index (χ2n) is 6.03. The zero-order valence-electron chi connectivity index (χ0n) is 12.3. The van der Waals surface area contributed by atoms with Crippen LogP contribution in [0, 0.1) is 0 Å². The molecule has 0 saturated carbocycles. The van der Waals surface area contributed by atoms with Gasteiger partial charge in [0.25, 0.3) is 0 Å². The average Bonchev–Trinajstić information content (AvgIpc) is 2.47. The molecular weight excluding hydrogens is 236 g/mol. The van der Waals surface area contributed by atoms with Gasteiger partial charge >= 0.3 is 0 Å². The fraction of sp³-hybridized carbons (Fsp3) is 0.562. The fourth-order valence-corrected chi connectivity index (χ4v) is 2.90. The van der Waals surface area contributed by atoms with Crippen LogP contribution in [0.1, 0.15) is 45.7 Å². The van der Waals surface area contributed by atoms with Gasteiger partial charge in [-0.1, -0.05) is 30.3 Å². The van der Waals surface area contributed by atoms with Gasteiger partial charge in [-0.3, -0.25) is 4.79 Å². The molecule has 2 rings (SSSR count). The van der Waals surface area contributed by atoms with Gasteiger partial charge in [-0.15, -0.1) is 0 Å². The molecule has 1 aromatic rings. The summed E-state index contributed by atoms with van der Waals surface area (Å²) in [6.45, 7) is 9.27. The van der Waals surface area contributed by atoms with Crippen molar-refractivity contribution in [2.24, 2.45) is 0 Å².